The van der Waals surface area contributed by atoms with Gasteiger partial charge in [-0.2, -0.15) is 0 Å². The first-order valence-electron chi connectivity index (χ1n) is 8.12. The second kappa shape index (κ2) is 6.97. The van der Waals surface area contributed by atoms with Gasteiger partial charge in [-0.1, -0.05) is 6.07 Å². The van der Waals surface area contributed by atoms with E-state index in [0.717, 1.165) is 24.2 Å². The number of morpholine rings is 1. The molecule has 8 heteroatoms. The van der Waals surface area contributed by atoms with Gasteiger partial charge in [-0.25, -0.2) is 18.4 Å². The molecule has 0 aliphatic carbocycles. The van der Waals surface area contributed by atoms with Gasteiger partial charge in [-0.15, -0.1) is 0 Å². The molecule has 0 bridgehead atoms. The van der Waals surface area contributed by atoms with Gasteiger partial charge < -0.3 is 9.64 Å². The number of hydrogen-bond donors (Lipinski definition) is 1. The Morgan fingerprint density at radius 2 is 1.60 bits per heavy atom. The quantitative estimate of drug-likeness (QED) is 0.896. The maximum absolute atomic E-state index is 12.7. The van der Waals surface area contributed by atoms with Crippen LogP contribution in [-0.2, 0) is 14.8 Å². The molecule has 25 heavy (non-hydrogen) atoms. The van der Waals surface area contributed by atoms with Crippen molar-refractivity contribution in [1.29, 1.82) is 0 Å². The topological polar surface area (TPSA) is 84.4 Å². The van der Waals surface area contributed by atoms with Gasteiger partial charge >= 0.3 is 0 Å². The van der Waals surface area contributed by atoms with E-state index in [-0.39, 0.29) is 4.90 Å². The second-order valence-electron chi connectivity index (χ2n) is 6.18. The van der Waals surface area contributed by atoms with Gasteiger partial charge in [-0.05, 0) is 43.5 Å². The molecule has 3 rings (SSSR count). The number of aryl methyl sites for hydroxylation is 3. The summed E-state index contributed by atoms with van der Waals surface area (Å²) in [6, 6.07) is 3.57. The van der Waals surface area contributed by atoms with Gasteiger partial charge in [0, 0.05) is 13.1 Å². The van der Waals surface area contributed by atoms with Crippen molar-refractivity contribution in [3.63, 3.8) is 0 Å². The number of anilines is 2. The van der Waals surface area contributed by atoms with Crippen LogP contribution in [0, 0.1) is 20.8 Å². The fourth-order valence-corrected chi connectivity index (χ4v) is 4.07. The Balaban J connectivity index is 1.80. The number of nitrogens with zero attached hydrogens (tertiary/aromatic N) is 3. The molecule has 1 saturated heterocycles. The average Bonchev–Trinajstić information content (AvgIpc) is 2.59. The highest BCUT2D eigenvalue weighted by molar-refractivity contribution is 7.92. The minimum absolute atomic E-state index is 0.271. The number of benzene rings is 1. The standard InChI is InChI=1S/C17H22N4O3S/c1-12-8-14(3)16(9-13(12)2)25(22,23)20-15-10-18-17(19-11-15)21-4-6-24-7-5-21/h8-11,20H,4-7H2,1-3H3. The average molecular weight is 362 g/mol. The molecule has 2 heterocycles. The molecule has 1 aromatic carbocycles. The van der Waals surface area contributed by atoms with Crippen LogP contribution in [-0.4, -0.2) is 44.7 Å². The van der Waals surface area contributed by atoms with E-state index in [9.17, 15) is 8.42 Å². The Labute approximate surface area is 148 Å². The molecule has 1 aliphatic heterocycles. The van der Waals surface area contributed by atoms with Crippen LogP contribution < -0.4 is 9.62 Å². The molecule has 1 aliphatic rings. The van der Waals surface area contributed by atoms with Gasteiger partial charge in [0.1, 0.15) is 0 Å². The fourth-order valence-electron chi connectivity index (χ4n) is 2.73. The Kier molecular flexibility index (Phi) is 4.91. The molecule has 0 amide bonds. The van der Waals surface area contributed by atoms with Crippen LogP contribution in [0.3, 0.4) is 0 Å². The third-order valence-electron chi connectivity index (χ3n) is 4.27. The van der Waals surface area contributed by atoms with Crippen LogP contribution in [0.15, 0.2) is 29.4 Å². The molecule has 0 spiro atoms. The fraction of sp³-hybridized carbons (Fsp3) is 0.412. The van der Waals surface area contributed by atoms with Crippen molar-refractivity contribution in [1.82, 2.24) is 9.97 Å². The summed E-state index contributed by atoms with van der Waals surface area (Å²) < 4.78 is 33.2. The molecule has 0 atom stereocenters. The largest absolute Gasteiger partial charge is 0.378 e. The van der Waals surface area contributed by atoms with Crippen molar-refractivity contribution in [3.8, 4) is 0 Å². The molecule has 0 saturated carbocycles. The normalized spacial score (nSPS) is 15.2. The van der Waals surface area contributed by atoms with E-state index < -0.39 is 10.0 Å². The molecular formula is C17H22N4O3S. The van der Waals surface area contributed by atoms with Crippen molar-refractivity contribution in [2.45, 2.75) is 25.7 Å². The van der Waals surface area contributed by atoms with Crippen molar-refractivity contribution in [2.75, 3.05) is 35.9 Å². The van der Waals surface area contributed by atoms with Crippen LogP contribution in [0.25, 0.3) is 0 Å². The molecule has 0 unspecified atom stereocenters. The van der Waals surface area contributed by atoms with Crippen LogP contribution in [0.4, 0.5) is 11.6 Å². The highest BCUT2D eigenvalue weighted by atomic mass is 32.2. The lowest BCUT2D eigenvalue weighted by molar-refractivity contribution is 0.122. The van der Waals surface area contributed by atoms with Crippen molar-refractivity contribution in [2.24, 2.45) is 0 Å². The van der Waals surface area contributed by atoms with E-state index in [1.54, 1.807) is 13.0 Å². The van der Waals surface area contributed by atoms with Gasteiger partial charge in [0.15, 0.2) is 0 Å². The summed E-state index contributed by atoms with van der Waals surface area (Å²) in [5.41, 5.74) is 3.05. The van der Waals surface area contributed by atoms with E-state index in [1.807, 2.05) is 24.8 Å². The molecule has 2 aromatic rings. The van der Waals surface area contributed by atoms with Crippen molar-refractivity contribution >= 4 is 21.7 Å². The molecule has 1 aromatic heterocycles. The third-order valence-corrected chi connectivity index (χ3v) is 5.79. The lowest BCUT2D eigenvalue weighted by atomic mass is 10.1. The van der Waals surface area contributed by atoms with Gasteiger partial charge in [0.2, 0.25) is 5.95 Å². The smallest absolute Gasteiger partial charge is 0.262 e. The monoisotopic (exact) mass is 362 g/mol. The van der Waals surface area contributed by atoms with Gasteiger partial charge in [-0.3, -0.25) is 4.72 Å². The van der Waals surface area contributed by atoms with Crippen LogP contribution in [0.5, 0.6) is 0 Å². The SMILES string of the molecule is Cc1cc(C)c(S(=O)(=O)Nc2cnc(N3CCOCC3)nc2)cc1C. The first-order chi connectivity index (χ1) is 11.9. The third kappa shape index (κ3) is 3.91. The first kappa shape index (κ1) is 17.6. The number of sulfonamides is 1. The summed E-state index contributed by atoms with van der Waals surface area (Å²) >= 11 is 0. The van der Waals surface area contributed by atoms with Gasteiger partial charge in [0.05, 0.1) is 36.2 Å². The summed E-state index contributed by atoms with van der Waals surface area (Å²) in [5, 5.41) is 0. The summed E-state index contributed by atoms with van der Waals surface area (Å²) in [4.78, 5) is 10.8. The lowest BCUT2D eigenvalue weighted by Gasteiger charge is -2.26. The molecule has 7 nitrogen and oxygen atoms in total. The van der Waals surface area contributed by atoms with E-state index in [2.05, 4.69) is 14.7 Å². The number of nitrogens with one attached hydrogen (secondary N) is 1. The highest BCUT2D eigenvalue weighted by Gasteiger charge is 2.19. The zero-order valence-electron chi connectivity index (χ0n) is 14.6. The zero-order valence-corrected chi connectivity index (χ0v) is 15.4. The zero-order chi connectivity index (χ0) is 18.0. The summed E-state index contributed by atoms with van der Waals surface area (Å²) in [5.74, 6) is 0.577. The Bertz CT molecular complexity index is 860. The Morgan fingerprint density at radius 1 is 1.00 bits per heavy atom. The van der Waals surface area contributed by atoms with E-state index in [4.69, 9.17) is 4.74 Å². The minimum Gasteiger partial charge on any atom is -0.378 e. The number of hydrogen-bond acceptors (Lipinski definition) is 6. The van der Waals surface area contributed by atoms with Gasteiger partial charge in [0.25, 0.3) is 10.0 Å². The Hall–Kier alpha value is -2.19. The minimum atomic E-state index is -3.68. The van der Waals surface area contributed by atoms with E-state index >= 15 is 0 Å². The number of ether oxygens (including phenoxy) is 1. The lowest BCUT2D eigenvalue weighted by Crippen LogP contribution is -2.37. The predicted molar refractivity (Wildman–Crippen MR) is 96.5 cm³/mol. The van der Waals surface area contributed by atoms with Crippen LogP contribution in [0.2, 0.25) is 0 Å². The summed E-state index contributed by atoms with van der Waals surface area (Å²) in [6.45, 7) is 8.39. The Morgan fingerprint density at radius 3 is 2.24 bits per heavy atom. The summed E-state index contributed by atoms with van der Waals surface area (Å²) in [6.07, 6.45) is 2.98. The van der Waals surface area contributed by atoms with E-state index in [0.29, 0.717) is 30.4 Å². The molecule has 134 valence electrons. The van der Waals surface area contributed by atoms with Crippen molar-refractivity contribution < 1.29 is 13.2 Å². The highest BCUT2D eigenvalue weighted by Crippen LogP contribution is 2.22. The summed E-state index contributed by atoms with van der Waals surface area (Å²) in [7, 11) is -3.68. The maximum Gasteiger partial charge on any atom is 0.262 e. The van der Waals surface area contributed by atoms with Crippen molar-refractivity contribution in [3.05, 3.63) is 41.2 Å². The number of aromatic nitrogens is 2. The molecular weight excluding hydrogens is 340 g/mol. The van der Waals surface area contributed by atoms with Crippen LogP contribution in [0.1, 0.15) is 16.7 Å². The van der Waals surface area contributed by atoms with Crippen LogP contribution >= 0.6 is 0 Å². The van der Waals surface area contributed by atoms with E-state index in [1.165, 1.54) is 12.4 Å². The first-order valence-corrected chi connectivity index (χ1v) is 9.60. The number of rotatable bonds is 4. The predicted octanol–water partition coefficient (Wildman–Crippen LogP) is 2.04. The molecule has 1 fully saturated rings. The second-order valence-corrected chi connectivity index (χ2v) is 7.83. The molecule has 0 radical (unpaired) electrons. The maximum atomic E-state index is 12.7. The molecule has 1 N–H and O–H groups in total.